The van der Waals surface area contributed by atoms with Gasteiger partial charge in [0.15, 0.2) is 0 Å². The third-order valence-electron chi connectivity index (χ3n) is 4.88. The summed E-state index contributed by atoms with van der Waals surface area (Å²) in [6.45, 7) is 5.84. The molecule has 0 aliphatic carbocycles. The van der Waals surface area contributed by atoms with E-state index < -0.39 is 0 Å². The average Bonchev–Trinajstić information content (AvgIpc) is 3.00. The van der Waals surface area contributed by atoms with Crippen LogP contribution in [0.4, 0.5) is 11.6 Å². The number of aromatic amines is 1. The minimum Gasteiger partial charge on any atom is -0.384 e. The lowest BCUT2D eigenvalue weighted by atomic mass is 9.91. The number of nitrogens with zero attached hydrogens (tertiary/aromatic N) is 5. The quantitative estimate of drug-likeness (QED) is 0.649. The Morgan fingerprint density at radius 3 is 2.72 bits per heavy atom. The van der Waals surface area contributed by atoms with E-state index in [1.807, 2.05) is 13.0 Å². The van der Waals surface area contributed by atoms with Crippen molar-refractivity contribution in [3.8, 4) is 11.3 Å². The Hall–Kier alpha value is -2.74. The van der Waals surface area contributed by atoms with Gasteiger partial charge in [-0.05, 0) is 38.3 Å². The van der Waals surface area contributed by atoms with Crippen molar-refractivity contribution in [3.63, 3.8) is 0 Å². The number of nitrogen functional groups attached to an aromatic ring is 1. The van der Waals surface area contributed by atoms with Gasteiger partial charge in [0.1, 0.15) is 17.2 Å². The lowest BCUT2D eigenvalue weighted by molar-refractivity contribution is 0.363. The summed E-state index contributed by atoms with van der Waals surface area (Å²) < 4.78 is 0. The SMILES string of the molecule is Cc1cnc(N)cc1-c1[nH]nc2nc(N3CCC(C)(N)CC3)cnc12. The van der Waals surface area contributed by atoms with Crippen LogP contribution in [0.1, 0.15) is 25.3 Å². The Balaban J connectivity index is 1.69. The van der Waals surface area contributed by atoms with Crippen LogP contribution in [0.5, 0.6) is 0 Å². The standard InChI is InChI=1S/C17H22N8/c1-10-8-20-12(18)7-11(10)14-15-16(24-23-14)22-13(9-21-15)25-5-3-17(2,19)4-6-25/h7-9H,3-6,19H2,1-2H3,(H2,18,20)(H,22,23,24). The first kappa shape index (κ1) is 15.8. The molecule has 25 heavy (non-hydrogen) atoms. The van der Waals surface area contributed by atoms with Crippen molar-refractivity contribution in [2.24, 2.45) is 5.73 Å². The zero-order valence-electron chi connectivity index (χ0n) is 14.5. The maximum atomic E-state index is 6.21. The normalized spacial score (nSPS) is 17.2. The molecule has 0 amide bonds. The number of nitrogens with two attached hydrogens (primary N) is 2. The predicted molar refractivity (Wildman–Crippen MR) is 98.1 cm³/mol. The summed E-state index contributed by atoms with van der Waals surface area (Å²) in [5, 5.41) is 7.38. The molecule has 0 saturated carbocycles. The van der Waals surface area contributed by atoms with Gasteiger partial charge in [-0.2, -0.15) is 5.10 Å². The summed E-state index contributed by atoms with van der Waals surface area (Å²) >= 11 is 0. The van der Waals surface area contributed by atoms with Crippen LogP contribution in [-0.4, -0.2) is 43.8 Å². The first-order valence-corrected chi connectivity index (χ1v) is 8.40. The summed E-state index contributed by atoms with van der Waals surface area (Å²) in [5.41, 5.74) is 16.0. The molecule has 0 bridgehead atoms. The maximum absolute atomic E-state index is 6.21. The molecule has 5 N–H and O–H groups in total. The van der Waals surface area contributed by atoms with Crippen LogP contribution in [0.3, 0.4) is 0 Å². The van der Waals surface area contributed by atoms with Gasteiger partial charge in [0.25, 0.3) is 0 Å². The molecule has 1 fully saturated rings. The van der Waals surface area contributed by atoms with E-state index in [1.54, 1.807) is 12.4 Å². The van der Waals surface area contributed by atoms with Crippen molar-refractivity contribution in [2.45, 2.75) is 32.2 Å². The molecule has 3 aromatic rings. The minimum absolute atomic E-state index is 0.0909. The molecule has 1 saturated heterocycles. The molecule has 0 radical (unpaired) electrons. The van der Waals surface area contributed by atoms with E-state index in [1.165, 1.54) is 0 Å². The van der Waals surface area contributed by atoms with Gasteiger partial charge in [0, 0.05) is 30.4 Å². The number of hydrogen-bond donors (Lipinski definition) is 3. The molecule has 130 valence electrons. The smallest absolute Gasteiger partial charge is 0.202 e. The molecule has 0 aromatic carbocycles. The first-order valence-electron chi connectivity index (χ1n) is 8.40. The lowest BCUT2D eigenvalue weighted by Gasteiger charge is -2.37. The topological polar surface area (TPSA) is 123 Å². The van der Waals surface area contributed by atoms with Crippen LogP contribution in [0.15, 0.2) is 18.5 Å². The van der Waals surface area contributed by atoms with E-state index in [4.69, 9.17) is 11.5 Å². The van der Waals surface area contributed by atoms with Crippen molar-refractivity contribution < 1.29 is 0 Å². The van der Waals surface area contributed by atoms with Gasteiger partial charge in [0.05, 0.1) is 11.9 Å². The fourth-order valence-electron chi connectivity index (χ4n) is 3.18. The molecule has 0 unspecified atom stereocenters. The van der Waals surface area contributed by atoms with E-state index in [9.17, 15) is 0 Å². The van der Waals surface area contributed by atoms with E-state index in [0.29, 0.717) is 11.5 Å². The summed E-state index contributed by atoms with van der Waals surface area (Å²) in [6.07, 6.45) is 5.43. The minimum atomic E-state index is -0.0909. The summed E-state index contributed by atoms with van der Waals surface area (Å²) in [4.78, 5) is 15.6. The number of H-pyrrole nitrogens is 1. The second kappa shape index (κ2) is 5.66. The van der Waals surface area contributed by atoms with Gasteiger partial charge in [-0.25, -0.2) is 15.0 Å². The summed E-state index contributed by atoms with van der Waals surface area (Å²) in [6, 6.07) is 1.82. The number of nitrogens with one attached hydrogen (secondary N) is 1. The number of piperidine rings is 1. The number of anilines is 2. The van der Waals surface area contributed by atoms with Crippen LogP contribution in [0.2, 0.25) is 0 Å². The van der Waals surface area contributed by atoms with Crippen molar-refractivity contribution in [1.29, 1.82) is 0 Å². The number of aryl methyl sites for hydroxylation is 1. The summed E-state index contributed by atoms with van der Waals surface area (Å²) in [5.74, 6) is 1.30. The first-order chi connectivity index (χ1) is 11.9. The highest BCUT2D eigenvalue weighted by Gasteiger charge is 2.27. The number of pyridine rings is 1. The van der Waals surface area contributed by atoms with Crippen molar-refractivity contribution >= 4 is 22.8 Å². The number of aromatic nitrogens is 5. The average molecular weight is 338 g/mol. The Kier molecular flexibility index (Phi) is 3.57. The van der Waals surface area contributed by atoms with E-state index in [-0.39, 0.29) is 5.54 Å². The van der Waals surface area contributed by atoms with Gasteiger partial charge in [0.2, 0.25) is 5.65 Å². The van der Waals surface area contributed by atoms with Crippen LogP contribution in [-0.2, 0) is 0 Å². The van der Waals surface area contributed by atoms with Gasteiger partial charge >= 0.3 is 0 Å². The van der Waals surface area contributed by atoms with Crippen LogP contribution < -0.4 is 16.4 Å². The molecule has 4 rings (SSSR count). The van der Waals surface area contributed by atoms with E-state index >= 15 is 0 Å². The van der Waals surface area contributed by atoms with Crippen molar-refractivity contribution in [3.05, 3.63) is 24.0 Å². The fraction of sp³-hybridized carbons (Fsp3) is 0.412. The molecular weight excluding hydrogens is 316 g/mol. The Bertz CT molecular complexity index is 920. The molecule has 0 spiro atoms. The summed E-state index contributed by atoms with van der Waals surface area (Å²) in [7, 11) is 0. The Labute approximate surface area is 145 Å². The molecular formula is C17H22N8. The van der Waals surface area contributed by atoms with E-state index in [2.05, 4.69) is 37.0 Å². The van der Waals surface area contributed by atoms with Crippen LogP contribution in [0, 0.1) is 6.92 Å². The Morgan fingerprint density at radius 2 is 1.96 bits per heavy atom. The lowest BCUT2D eigenvalue weighted by Crippen LogP contribution is -2.48. The number of fused-ring (bicyclic) bond motifs is 1. The fourth-order valence-corrected chi connectivity index (χ4v) is 3.18. The molecule has 8 nitrogen and oxygen atoms in total. The van der Waals surface area contributed by atoms with Crippen LogP contribution >= 0.6 is 0 Å². The molecule has 3 aromatic heterocycles. The predicted octanol–water partition coefficient (Wildman–Crippen LogP) is 1.62. The second-order valence-electron chi connectivity index (χ2n) is 7.06. The monoisotopic (exact) mass is 338 g/mol. The zero-order chi connectivity index (χ0) is 17.6. The van der Waals surface area contributed by atoms with Crippen molar-refractivity contribution in [2.75, 3.05) is 23.7 Å². The van der Waals surface area contributed by atoms with Crippen molar-refractivity contribution in [1.82, 2.24) is 25.1 Å². The Morgan fingerprint density at radius 1 is 1.20 bits per heavy atom. The maximum Gasteiger partial charge on any atom is 0.202 e. The second-order valence-corrected chi connectivity index (χ2v) is 7.06. The highest BCUT2D eigenvalue weighted by molar-refractivity contribution is 5.89. The molecule has 8 heteroatoms. The molecule has 4 heterocycles. The van der Waals surface area contributed by atoms with Crippen LogP contribution in [0.25, 0.3) is 22.4 Å². The zero-order valence-corrected chi connectivity index (χ0v) is 14.5. The van der Waals surface area contributed by atoms with Gasteiger partial charge < -0.3 is 16.4 Å². The molecule has 1 aliphatic heterocycles. The third kappa shape index (κ3) is 2.89. The van der Waals surface area contributed by atoms with E-state index in [0.717, 1.165) is 54.1 Å². The molecule has 0 atom stereocenters. The third-order valence-corrected chi connectivity index (χ3v) is 4.88. The number of hydrogen-bond acceptors (Lipinski definition) is 7. The van der Waals surface area contributed by atoms with Gasteiger partial charge in [-0.1, -0.05) is 0 Å². The molecule has 1 aliphatic rings. The highest BCUT2D eigenvalue weighted by Crippen LogP contribution is 2.29. The largest absolute Gasteiger partial charge is 0.384 e. The van der Waals surface area contributed by atoms with Gasteiger partial charge in [-0.15, -0.1) is 0 Å². The highest BCUT2D eigenvalue weighted by atomic mass is 15.2. The number of rotatable bonds is 2. The van der Waals surface area contributed by atoms with Gasteiger partial charge in [-0.3, -0.25) is 5.10 Å².